The number of hydrogen-bond acceptors (Lipinski definition) is 6. The van der Waals surface area contributed by atoms with Crippen molar-refractivity contribution in [2.75, 3.05) is 26.6 Å². The number of aryl methyl sites for hydroxylation is 1. The summed E-state index contributed by atoms with van der Waals surface area (Å²) in [6.45, 7) is 1.81. The zero-order valence-corrected chi connectivity index (χ0v) is 18.7. The van der Waals surface area contributed by atoms with Crippen LogP contribution in [-0.2, 0) is 0 Å². The molecule has 7 heteroatoms. The second-order valence-electron chi connectivity index (χ2n) is 7.35. The first-order valence-electron chi connectivity index (χ1n) is 10.2. The lowest BCUT2D eigenvalue weighted by Crippen LogP contribution is -2.11. The Morgan fingerprint density at radius 2 is 1.52 bits per heavy atom. The first kappa shape index (κ1) is 22.0. The zero-order valence-electron chi connectivity index (χ0n) is 18.7. The van der Waals surface area contributed by atoms with E-state index in [0.717, 1.165) is 5.39 Å². The molecular weight excluding hydrogens is 422 g/mol. The van der Waals surface area contributed by atoms with Crippen molar-refractivity contribution in [2.45, 2.75) is 6.92 Å². The van der Waals surface area contributed by atoms with Gasteiger partial charge >= 0.3 is 0 Å². The van der Waals surface area contributed by atoms with Crippen LogP contribution in [0.5, 0.6) is 17.2 Å². The molecule has 0 spiro atoms. The highest BCUT2D eigenvalue weighted by molar-refractivity contribution is 6.12. The van der Waals surface area contributed by atoms with Gasteiger partial charge in [0.1, 0.15) is 22.8 Å². The molecular formula is C26H23NO6. The summed E-state index contributed by atoms with van der Waals surface area (Å²) in [5, 5.41) is 3.61. The van der Waals surface area contributed by atoms with Crippen molar-refractivity contribution in [3.05, 3.63) is 83.1 Å². The Morgan fingerprint density at radius 3 is 2.18 bits per heavy atom. The van der Waals surface area contributed by atoms with E-state index in [1.165, 1.54) is 14.2 Å². The standard InChI is InChI=1S/C26H23NO6/c1-15-20-13-17(27-26(29)16-5-8-18(30-2)9-6-16)7-11-23(20)33-25(15)24(28)21-14-19(31-3)10-12-22(21)32-4/h5-14H,1-4H3,(H,27,29). The fourth-order valence-corrected chi connectivity index (χ4v) is 3.57. The molecule has 3 aromatic carbocycles. The number of anilines is 1. The summed E-state index contributed by atoms with van der Waals surface area (Å²) in [6, 6.07) is 17.1. The summed E-state index contributed by atoms with van der Waals surface area (Å²) in [4.78, 5) is 25.9. The summed E-state index contributed by atoms with van der Waals surface area (Å²) < 4.78 is 21.6. The number of hydrogen-bond donors (Lipinski definition) is 1. The van der Waals surface area contributed by atoms with Crippen LogP contribution >= 0.6 is 0 Å². The lowest BCUT2D eigenvalue weighted by molar-refractivity contribution is 0.100. The van der Waals surface area contributed by atoms with Gasteiger partial charge in [-0.05, 0) is 67.6 Å². The van der Waals surface area contributed by atoms with Crippen molar-refractivity contribution in [3.8, 4) is 17.2 Å². The summed E-state index contributed by atoms with van der Waals surface area (Å²) in [5.74, 6) is 1.27. The Morgan fingerprint density at radius 1 is 0.818 bits per heavy atom. The van der Waals surface area contributed by atoms with Crippen LogP contribution in [0.4, 0.5) is 5.69 Å². The lowest BCUT2D eigenvalue weighted by Gasteiger charge is -2.09. The number of furan rings is 1. The number of fused-ring (bicyclic) bond motifs is 1. The maximum absolute atomic E-state index is 13.3. The maximum atomic E-state index is 13.3. The molecule has 33 heavy (non-hydrogen) atoms. The second kappa shape index (κ2) is 9.08. The van der Waals surface area contributed by atoms with Crippen molar-refractivity contribution in [2.24, 2.45) is 0 Å². The SMILES string of the molecule is COc1ccc(C(=O)Nc2ccc3oc(C(=O)c4cc(OC)ccc4OC)c(C)c3c2)cc1. The van der Waals surface area contributed by atoms with Gasteiger partial charge in [-0.3, -0.25) is 9.59 Å². The van der Waals surface area contributed by atoms with Gasteiger partial charge in [0.25, 0.3) is 5.91 Å². The highest BCUT2D eigenvalue weighted by Crippen LogP contribution is 2.33. The molecule has 7 nitrogen and oxygen atoms in total. The van der Waals surface area contributed by atoms with E-state index in [-0.39, 0.29) is 17.5 Å². The van der Waals surface area contributed by atoms with Crippen molar-refractivity contribution in [1.82, 2.24) is 0 Å². The Hall–Kier alpha value is -4.26. The normalized spacial score (nSPS) is 10.7. The number of ketones is 1. The highest BCUT2D eigenvalue weighted by Gasteiger charge is 2.23. The van der Waals surface area contributed by atoms with E-state index in [0.29, 0.717) is 45.2 Å². The first-order chi connectivity index (χ1) is 15.9. The minimum Gasteiger partial charge on any atom is -0.497 e. The Bertz CT molecular complexity index is 1340. The zero-order chi connectivity index (χ0) is 23.5. The van der Waals surface area contributed by atoms with Gasteiger partial charge in [-0.2, -0.15) is 0 Å². The van der Waals surface area contributed by atoms with Crippen LogP contribution in [0.3, 0.4) is 0 Å². The molecule has 0 bridgehead atoms. The van der Waals surface area contributed by atoms with Crippen molar-refractivity contribution >= 4 is 28.3 Å². The predicted octanol–water partition coefficient (Wildman–Crippen LogP) is 5.25. The number of nitrogens with one attached hydrogen (secondary N) is 1. The predicted molar refractivity (Wildman–Crippen MR) is 125 cm³/mol. The van der Waals surface area contributed by atoms with Gasteiger partial charge in [-0.15, -0.1) is 0 Å². The topological polar surface area (TPSA) is 87.0 Å². The molecule has 0 aliphatic carbocycles. The number of amides is 1. The second-order valence-corrected chi connectivity index (χ2v) is 7.35. The van der Waals surface area contributed by atoms with Gasteiger partial charge in [-0.25, -0.2) is 0 Å². The number of rotatable bonds is 7. The number of ether oxygens (including phenoxy) is 3. The Balaban J connectivity index is 1.64. The van der Waals surface area contributed by atoms with Crippen LogP contribution in [0.15, 0.2) is 65.1 Å². The lowest BCUT2D eigenvalue weighted by atomic mass is 10.0. The molecule has 0 fully saturated rings. The number of benzene rings is 3. The third-order valence-electron chi connectivity index (χ3n) is 5.40. The number of carbonyl (C=O) groups is 2. The molecule has 168 valence electrons. The van der Waals surface area contributed by atoms with Gasteiger partial charge in [0.15, 0.2) is 5.76 Å². The van der Waals surface area contributed by atoms with Gasteiger partial charge in [0.2, 0.25) is 5.78 Å². The molecule has 0 saturated carbocycles. The van der Waals surface area contributed by atoms with E-state index in [1.54, 1.807) is 74.7 Å². The monoisotopic (exact) mass is 445 g/mol. The maximum Gasteiger partial charge on any atom is 0.255 e. The minimum absolute atomic E-state index is 0.204. The molecule has 4 aromatic rings. The van der Waals surface area contributed by atoms with Gasteiger partial charge in [0.05, 0.1) is 26.9 Å². The average Bonchev–Trinajstić information content (AvgIpc) is 3.18. The van der Waals surface area contributed by atoms with Crippen LogP contribution in [0.1, 0.15) is 32.0 Å². The quantitative estimate of drug-likeness (QED) is 0.391. The fraction of sp³-hybridized carbons (Fsp3) is 0.154. The molecule has 0 unspecified atom stereocenters. The highest BCUT2D eigenvalue weighted by atomic mass is 16.5. The van der Waals surface area contributed by atoms with Crippen molar-refractivity contribution in [1.29, 1.82) is 0 Å². The molecule has 1 aromatic heterocycles. The summed E-state index contributed by atoms with van der Waals surface area (Å²) in [5.41, 5.74) is 2.64. The van der Waals surface area contributed by atoms with E-state index in [9.17, 15) is 9.59 Å². The summed E-state index contributed by atoms with van der Waals surface area (Å²) in [7, 11) is 4.60. The number of methoxy groups -OCH3 is 3. The molecule has 0 aliphatic rings. The van der Waals surface area contributed by atoms with Crippen LogP contribution in [0.25, 0.3) is 11.0 Å². The third-order valence-corrected chi connectivity index (χ3v) is 5.40. The Labute approximate surface area is 190 Å². The van der Waals surface area contributed by atoms with E-state index in [2.05, 4.69) is 5.32 Å². The van der Waals surface area contributed by atoms with E-state index in [1.807, 2.05) is 0 Å². The molecule has 1 amide bonds. The molecule has 0 atom stereocenters. The minimum atomic E-state index is -0.316. The summed E-state index contributed by atoms with van der Waals surface area (Å²) >= 11 is 0. The van der Waals surface area contributed by atoms with E-state index < -0.39 is 0 Å². The molecule has 1 N–H and O–H groups in total. The largest absolute Gasteiger partial charge is 0.497 e. The smallest absolute Gasteiger partial charge is 0.255 e. The third kappa shape index (κ3) is 4.25. The van der Waals surface area contributed by atoms with Crippen LogP contribution in [0, 0.1) is 6.92 Å². The molecule has 0 aliphatic heterocycles. The van der Waals surface area contributed by atoms with Gasteiger partial charge in [-0.1, -0.05) is 0 Å². The van der Waals surface area contributed by atoms with E-state index >= 15 is 0 Å². The molecule has 0 radical (unpaired) electrons. The number of carbonyl (C=O) groups excluding carboxylic acids is 2. The molecule has 4 rings (SSSR count). The first-order valence-corrected chi connectivity index (χ1v) is 10.2. The van der Waals surface area contributed by atoms with E-state index in [4.69, 9.17) is 18.6 Å². The van der Waals surface area contributed by atoms with Gasteiger partial charge in [0, 0.05) is 22.2 Å². The van der Waals surface area contributed by atoms with Crippen molar-refractivity contribution in [3.63, 3.8) is 0 Å². The molecule has 0 saturated heterocycles. The molecule has 1 heterocycles. The fourth-order valence-electron chi connectivity index (χ4n) is 3.57. The van der Waals surface area contributed by atoms with Crippen molar-refractivity contribution < 1.29 is 28.2 Å². The Kier molecular flexibility index (Phi) is 6.04. The van der Waals surface area contributed by atoms with Gasteiger partial charge < -0.3 is 23.9 Å². The average molecular weight is 445 g/mol. The van der Waals surface area contributed by atoms with Crippen LogP contribution in [-0.4, -0.2) is 33.0 Å². The van der Waals surface area contributed by atoms with Crippen LogP contribution < -0.4 is 19.5 Å². The summed E-state index contributed by atoms with van der Waals surface area (Å²) in [6.07, 6.45) is 0. The van der Waals surface area contributed by atoms with Crippen LogP contribution in [0.2, 0.25) is 0 Å².